The van der Waals surface area contributed by atoms with Crippen LogP contribution < -0.4 is 10.2 Å². The van der Waals surface area contributed by atoms with Crippen LogP contribution in [0.15, 0.2) is 48.0 Å². The van der Waals surface area contributed by atoms with Gasteiger partial charge in [0.25, 0.3) is 5.91 Å². The van der Waals surface area contributed by atoms with Crippen molar-refractivity contribution in [2.45, 2.75) is 19.6 Å². The van der Waals surface area contributed by atoms with Crippen LogP contribution in [0.5, 0.6) is 0 Å². The number of ether oxygens (including phenoxy) is 1. The van der Waals surface area contributed by atoms with Gasteiger partial charge >= 0.3 is 5.97 Å². The lowest BCUT2D eigenvalue weighted by atomic mass is 9.99. The number of nitrogens with one attached hydrogen (secondary N) is 1. The van der Waals surface area contributed by atoms with Gasteiger partial charge in [-0.25, -0.2) is 0 Å². The van der Waals surface area contributed by atoms with Crippen molar-refractivity contribution < 1.29 is 14.3 Å². The topological polar surface area (TPSA) is 58.6 Å². The lowest BCUT2D eigenvalue weighted by Crippen LogP contribution is -2.33. The summed E-state index contributed by atoms with van der Waals surface area (Å²) < 4.78 is 5.35. The van der Waals surface area contributed by atoms with E-state index in [4.69, 9.17) is 27.9 Å². The molecule has 27 heavy (non-hydrogen) atoms. The Labute approximate surface area is 166 Å². The van der Waals surface area contributed by atoms with Crippen LogP contribution >= 0.6 is 23.2 Å². The van der Waals surface area contributed by atoms with E-state index in [-0.39, 0.29) is 5.91 Å². The normalized spacial score (nSPS) is 18.6. The molecule has 0 aromatic heterocycles. The van der Waals surface area contributed by atoms with E-state index in [0.717, 1.165) is 16.9 Å². The summed E-state index contributed by atoms with van der Waals surface area (Å²) in [5.41, 5.74) is 3.72. The van der Waals surface area contributed by atoms with E-state index in [1.54, 1.807) is 6.07 Å². The molecule has 1 unspecified atom stereocenters. The van der Waals surface area contributed by atoms with Crippen molar-refractivity contribution in [2.75, 3.05) is 11.4 Å². The third-order valence-electron chi connectivity index (χ3n) is 4.68. The van der Waals surface area contributed by atoms with Gasteiger partial charge < -0.3 is 15.0 Å². The average Bonchev–Trinajstić information content (AvgIpc) is 2.82. The van der Waals surface area contributed by atoms with Crippen LogP contribution in [0.3, 0.4) is 0 Å². The minimum absolute atomic E-state index is 0.224. The molecule has 2 heterocycles. The van der Waals surface area contributed by atoms with Gasteiger partial charge in [-0.15, -0.1) is 0 Å². The molecule has 2 aromatic rings. The molecule has 0 spiro atoms. The second-order valence-electron chi connectivity index (χ2n) is 6.37. The van der Waals surface area contributed by atoms with E-state index >= 15 is 0 Å². The third kappa shape index (κ3) is 3.17. The van der Waals surface area contributed by atoms with Crippen LogP contribution in [-0.4, -0.2) is 24.6 Å². The zero-order valence-electron chi connectivity index (χ0n) is 14.5. The van der Waals surface area contributed by atoms with Crippen molar-refractivity contribution in [1.29, 1.82) is 0 Å². The van der Waals surface area contributed by atoms with Crippen LogP contribution in [0.25, 0.3) is 5.57 Å². The van der Waals surface area contributed by atoms with Crippen molar-refractivity contribution in [3.05, 3.63) is 63.6 Å². The fraction of sp³-hybridized carbons (Fsp3) is 0.200. The van der Waals surface area contributed by atoms with Crippen LogP contribution in [-0.2, 0) is 14.3 Å². The van der Waals surface area contributed by atoms with Crippen LogP contribution in [0, 0.1) is 0 Å². The molecule has 0 aliphatic carbocycles. The molecular weight excluding hydrogens is 387 g/mol. The lowest BCUT2D eigenvalue weighted by Gasteiger charge is -2.27. The summed E-state index contributed by atoms with van der Waals surface area (Å²) in [7, 11) is 0. The maximum Gasteiger partial charge on any atom is 0.304 e. The lowest BCUT2D eigenvalue weighted by molar-refractivity contribution is -0.145. The smallest absolute Gasteiger partial charge is 0.304 e. The van der Waals surface area contributed by atoms with E-state index in [1.807, 2.05) is 41.3 Å². The summed E-state index contributed by atoms with van der Waals surface area (Å²) in [5, 5.41) is 3.91. The number of fused-ring (bicyclic) bond motifs is 2. The van der Waals surface area contributed by atoms with Gasteiger partial charge in [0.1, 0.15) is 0 Å². The molecule has 0 fully saturated rings. The molecule has 2 aliphatic heterocycles. The highest BCUT2D eigenvalue weighted by atomic mass is 35.5. The number of halogens is 2. The molecule has 0 saturated heterocycles. The fourth-order valence-corrected chi connectivity index (χ4v) is 3.99. The molecule has 138 valence electrons. The van der Waals surface area contributed by atoms with Crippen LogP contribution in [0.2, 0.25) is 10.0 Å². The van der Waals surface area contributed by atoms with Crippen molar-refractivity contribution in [1.82, 2.24) is 5.32 Å². The summed E-state index contributed by atoms with van der Waals surface area (Å²) in [5.74, 6) is -0.685. The second-order valence-corrected chi connectivity index (χ2v) is 7.21. The van der Waals surface area contributed by atoms with Gasteiger partial charge in [0.05, 0.1) is 16.4 Å². The molecule has 1 N–H and O–H groups in total. The first-order valence-corrected chi connectivity index (χ1v) is 9.24. The zero-order chi connectivity index (χ0) is 19.1. The highest BCUT2D eigenvalue weighted by molar-refractivity contribution is 6.33. The Hall–Kier alpha value is -2.50. The van der Waals surface area contributed by atoms with Gasteiger partial charge in [-0.2, -0.15) is 0 Å². The molecule has 2 aliphatic rings. The molecule has 7 heteroatoms. The number of benzene rings is 2. The minimum atomic E-state index is -0.809. The number of carbonyl (C=O) groups is 2. The molecule has 1 atom stereocenters. The number of nitrogens with zero attached hydrogens (tertiary/aromatic N) is 1. The Kier molecular flexibility index (Phi) is 4.58. The summed E-state index contributed by atoms with van der Waals surface area (Å²) in [6, 6.07) is 13.0. The summed E-state index contributed by atoms with van der Waals surface area (Å²) in [4.78, 5) is 26.1. The SMILES string of the molecule is CC(=O)OC1NC(=O)C2=C1c1ccc(Cl)cc1N(c1ccccc1Cl)CC2. The van der Waals surface area contributed by atoms with Gasteiger partial charge in [-0.3, -0.25) is 9.59 Å². The first-order valence-electron chi connectivity index (χ1n) is 8.49. The molecular formula is C20H16Cl2N2O3. The standard InChI is InChI=1S/C20H16Cl2N2O3/c1-11(25)27-20-18-13-7-6-12(21)10-17(13)24(9-8-14(18)19(26)23-20)16-5-3-2-4-15(16)22/h2-7,10,20H,8-9H2,1H3,(H,23,26). The number of hydrogen-bond donors (Lipinski definition) is 1. The first-order chi connectivity index (χ1) is 13.0. The zero-order valence-corrected chi connectivity index (χ0v) is 16.0. The number of esters is 1. The van der Waals surface area contributed by atoms with Crippen LogP contribution in [0.4, 0.5) is 11.4 Å². The Bertz CT molecular complexity index is 987. The van der Waals surface area contributed by atoms with Gasteiger partial charge in [0.2, 0.25) is 6.23 Å². The van der Waals surface area contributed by atoms with E-state index in [9.17, 15) is 9.59 Å². The van der Waals surface area contributed by atoms with Crippen LogP contribution in [0.1, 0.15) is 18.9 Å². The molecule has 0 saturated carbocycles. The monoisotopic (exact) mass is 402 g/mol. The molecule has 0 radical (unpaired) electrons. The Balaban J connectivity index is 1.89. The molecule has 1 amide bonds. The largest absolute Gasteiger partial charge is 0.437 e. The number of rotatable bonds is 2. The molecule has 0 bridgehead atoms. The molecule has 4 rings (SSSR count). The van der Waals surface area contributed by atoms with E-state index in [2.05, 4.69) is 5.32 Å². The molecule has 2 aromatic carbocycles. The Morgan fingerprint density at radius 1 is 1.19 bits per heavy atom. The summed E-state index contributed by atoms with van der Waals surface area (Å²) in [6.07, 6.45) is -0.327. The highest BCUT2D eigenvalue weighted by Crippen LogP contribution is 2.44. The molecule has 5 nitrogen and oxygen atoms in total. The Morgan fingerprint density at radius 2 is 1.96 bits per heavy atom. The van der Waals surface area contributed by atoms with Gasteiger partial charge in [0, 0.05) is 35.2 Å². The number of para-hydroxylation sites is 1. The highest BCUT2D eigenvalue weighted by Gasteiger charge is 2.38. The minimum Gasteiger partial charge on any atom is -0.437 e. The van der Waals surface area contributed by atoms with Crippen molar-refractivity contribution in [3.8, 4) is 0 Å². The maximum absolute atomic E-state index is 12.5. The van der Waals surface area contributed by atoms with Crippen molar-refractivity contribution in [3.63, 3.8) is 0 Å². The van der Waals surface area contributed by atoms with Gasteiger partial charge in [-0.1, -0.05) is 41.4 Å². The quantitative estimate of drug-likeness (QED) is 0.760. The predicted molar refractivity (Wildman–Crippen MR) is 105 cm³/mol. The van der Waals surface area contributed by atoms with Crippen molar-refractivity contribution in [2.24, 2.45) is 0 Å². The first kappa shape index (κ1) is 17.9. The summed E-state index contributed by atoms with van der Waals surface area (Å²) in [6.45, 7) is 1.86. The third-order valence-corrected chi connectivity index (χ3v) is 5.23. The van der Waals surface area contributed by atoms with E-state index in [1.165, 1.54) is 6.92 Å². The number of amides is 1. The summed E-state index contributed by atoms with van der Waals surface area (Å²) >= 11 is 12.7. The van der Waals surface area contributed by atoms with E-state index < -0.39 is 12.2 Å². The van der Waals surface area contributed by atoms with E-state index in [0.29, 0.717) is 34.2 Å². The predicted octanol–water partition coefficient (Wildman–Crippen LogP) is 4.31. The number of anilines is 2. The number of carbonyl (C=O) groups excluding carboxylic acids is 2. The number of hydrogen-bond acceptors (Lipinski definition) is 4. The average molecular weight is 403 g/mol. The maximum atomic E-state index is 12.5. The van der Waals surface area contributed by atoms with Gasteiger partial charge in [-0.05, 0) is 30.7 Å². The van der Waals surface area contributed by atoms with Gasteiger partial charge in [0.15, 0.2) is 0 Å². The van der Waals surface area contributed by atoms with Crippen molar-refractivity contribution >= 4 is 52.0 Å². The fourth-order valence-electron chi connectivity index (χ4n) is 3.59. The Morgan fingerprint density at radius 3 is 2.70 bits per heavy atom. The second kappa shape index (κ2) is 6.91.